The molecule has 2 atom stereocenters. The van der Waals surface area contributed by atoms with Gasteiger partial charge in [-0.1, -0.05) is 23.2 Å². The number of ether oxygens (including phenoxy) is 1. The second kappa shape index (κ2) is 15.7. The summed E-state index contributed by atoms with van der Waals surface area (Å²) in [6.45, 7) is -12.4. The van der Waals surface area contributed by atoms with E-state index in [-0.39, 0.29) is 51.0 Å². The average Bonchev–Trinajstić information content (AvgIpc) is 3.81. The molecule has 298 valence electrons. The highest BCUT2D eigenvalue weighted by Crippen LogP contribution is 2.39. The van der Waals surface area contributed by atoms with E-state index < -0.39 is 103 Å². The standard InChI is InChI=1S/C40H40Cl2F2N8O5/c1-21(35-28(41)6-7-29(43)36(35)42)57-33-14-23(17-46-37(33)45)24-18-47-51(20-24)25-4-2-22(3-5-25)19-49-10-12-50(13-11-49)32-16-27-26(15-30(32)44)39(55)52(40(27)56)31-8-9-34(53)48-38(31)54/h6-7,14-18,20-22,25,31H,2-5,8-13,19H2,1H3,(H2,45,46)(H,48,53,54)/t21-,22?,25?,31?/m1/s1/i10D2,11D2,12D2,13D2. The van der Waals surface area contributed by atoms with Gasteiger partial charge in [0.05, 0.1) is 39.6 Å². The fourth-order valence-corrected chi connectivity index (χ4v) is 8.23. The van der Waals surface area contributed by atoms with E-state index in [1.54, 1.807) is 30.1 Å². The van der Waals surface area contributed by atoms with Gasteiger partial charge in [0.15, 0.2) is 11.6 Å². The number of pyridine rings is 1. The molecule has 13 nitrogen and oxygen atoms in total. The molecular formula is C40H40Cl2F2N8O5. The molecule has 1 aliphatic carbocycles. The van der Waals surface area contributed by atoms with Crippen molar-refractivity contribution in [3.05, 3.63) is 87.3 Å². The SMILES string of the molecule is [2H]C1([2H])N(CC2CCC(n3cc(-c4cnc(N)c(O[C@H](C)c5c(Cl)ccc(F)c5Cl)c4)cn3)CC2)C([2H])([2H])C([2H])([2H])N(c2cc3c(cc2F)C(=O)N(C2CCC(=O)NC2=O)C3=O)C1([2H])[2H]. The number of piperidine rings is 1. The van der Waals surface area contributed by atoms with Crippen molar-refractivity contribution in [3.63, 3.8) is 0 Å². The number of amides is 4. The smallest absolute Gasteiger partial charge is 0.262 e. The number of carbonyl (C=O) groups is 4. The van der Waals surface area contributed by atoms with Gasteiger partial charge in [0.2, 0.25) is 11.8 Å². The Bertz CT molecular complexity index is 2630. The molecule has 3 N–H and O–H groups in total. The molecule has 1 unspecified atom stereocenters. The minimum Gasteiger partial charge on any atom is -0.482 e. The maximum atomic E-state index is 16.1. The molecule has 4 aromatic rings. The van der Waals surface area contributed by atoms with Gasteiger partial charge < -0.3 is 15.4 Å². The summed E-state index contributed by atoms with van der Waals surface area (Å²) in [6, 6.07) is 3.80. The third-order valence-electron chi connectivity index (χ3n) is 10.6. The van der Waals surface area contributed by atoms with Crippen LogP contribution in [0.25, 0.3) is 11.1 Å². The summed E-state index contributed by atoms with van der Waals surface area (Å²) in [4.78, 5) is 56.4. The molecule has 0 bridgehead atoms. The number of piperazine rings is 1. The Labute approximate surface area is 348 Å². The van der Waals surface area contributed by atoms with Crippen LogP contribution >= 0.6 is 23.2 Å². The lowest BCUT2D eigenvalue weighted by atomic mass is 9.85. The predicted octanol–water partition coefficient (Wildman–Crippen LogP) is 6.21. The number of aromatic nitrogens is 3. The van der Waals surface area contributed by atoms with E-state index in [1.165, 1.54) is 12.3 Å². The van der Waals surface area contributed by atoms with Crippen LogP contribution in [0.3, 0.4) is 0 Å². The normalized spacial score (nSPS) is 27.8. The molecule has 5 heterocycles. The summed E-state index contributed by atoms with van der Waals surface area (Å²) in [5.74, 6) is -6.04. The summed E-state index contributed by atoms with van der Waals surface area (Å²) in [5, 5.41) is 6.60. The Morgan fingerprint density at radius 3 is 2.39 bits per heavy atom. The maximum absolute atomic E-state index is 16.1. The van der Waals surface area contributed by atoms with Crippen LogP contribution in [0.5, 0.6) is 5.75 Å². The van der Waals surface area contributed by atoms with Gasteiger partial charge in [0, 0.05) is 78.5 Å². The topological polar surface area (TPSA) is 156 Å². The second-order valence-corrected chi connectivity index (χ2v) is 15.0. The Morgan fingerprint density at radius 1 is 0.947 bits per heavy atom. The zero-order chi connectivity index (χ0) is 47.3. The molecule has 2 aromatic heterocycles. The zero-order valence-electron chi connectivity index (χ0n) is 38.2. The molecule has 0 spiro atoms. The summed E-state index contributed by atoms with van der Waals surface area (Å²) in [7, 11) is 0. The van der Waals surface area contributed by atoms with Gasteiger partial charge in [-0.25, -0.2) is 13.8 Å². The van der Waals surface area contributed by atoms with Crippen LogP contribution in [-0.4, -0.2) is 86.8 Å². The van der Waals surface area contributed by atoms with Gasteiger partial charge in [0.1, 0.15) is 23.8 Å². The van der Waals surface area contributed by atoms with Crippen molar-refractivity contribution < 1.29 is 43.7 Å². The minimum atomic E-state index is -3.49. The number of benzene rings is 2. The van der Waals surface area contributed by atoms with Gasteiger partial charge in [-0.15, -0.1) is 0 Å². The number of nitrogens with zero attached hydrogens (tertiary/aromatic N) is 6. The van der Waals surface area contributed by atoms with E-state index in [0.717, 1.165) is 6.07 Å². The molecule has 8 rings (SSSR count). The molecule has 3 fully saturated rings. The molecule has 1 saturated carbocycles. The highest BCUT2D eigenvalue weighted by atomic mass is 35.5. The van der Waals surface area contributed by atoms with Crippen LogP contribution in [-0.2, 0) is 9.59 Å². The lowest BCUT2D eigenvalue weighted by Crippen LogP contribution is -2.54. The lowest BCUT2D eigenvalue weighted by molar-refractivity contribution is -0.136. The maximum Gasteiger partial charge on any atom is 0.262 e. The molecule has 57 heavy (non-hydrogen) atoms. The quantitative estimate of drug-likeness (QED) is 0.147. The van der Waals surface area contributed by atoms with Crippen molar-refractivity contribution >= 4 is 58.3 Å². The number of fused-ring (bicyclic) bond motifs is 1. The van der Waals surface area contributed by atoms with Crippen molar-refractivity contribution in [1.29, 1.82) is 0 Å². The van der Waals surface area contributed by atoms with Crippen molar-refractivity contribution in [3.8, 4) is 16.9 Å². The van der Waals surface area contributed by atoms with Crippen LogP contribution in [0, 0.1) is 17.6 Å². The zero-order valence-corrected chi connectivity index (χ0v) is 31.7. The number of nitrogens with one attached hydrogen (secondary N) is 1. The number of anilines is 2. The Kier molecular flexibility index (Phi) is 8.25. The largest absolute Gasteiger partial charge is 0.482 e. The third-order valence-corrected chi connectivity index (χ3v) is 11.3. The van der Waals surface area contributed by atoms with Gasteiger partial charge in [-0.3, -0.25) is 39.0 Å². The molecule has 4 amide bonds. The Hall–Kier alpha value is -5.12. The summed E-state index contributed by atoms with van der Waals surface area (Å²) in [6.07, 6.45) is 5.49. The van der Waals surface area contributed by atoms with Gasteiger partial charge in [-0.05, 0) is 75.3 Å². The Balaban J connectivity index is 0.969. The molecule has 17 heteroatoms. The Morgan fingerprint density at radius 2 is 1.67 bits per heavy atom. The summed E-state index contributed by atoms with van der Waals surface area (Å²) < 4.78 is 110. The van der Waals surface area contributed by atoms with Crippen LogP contribution in [0.15, 0.2) is 48.9 Å². The summed E-state index contributed by atoms with van der Waals surface area (Å²) >= 11 is 12.5. The van der Waals surface area contributed by atoms with Crippen molar-refractivity contribution in [2.75, 3.05) is 43.2 Å². The van der Waals surface area contributed by atoms with Crippen LogP contribution in [0.4, 0.5) is 20.3 Å². The average molecular weight is 830 g/mol. The molecule has 4 aliphatic rings. The minimum absolute atomic E-state index is 0.00734. The number of imide groups is 2. The van der Waals surface area contributed by atoms with E-state index in [2.05, 4.69) is 10.1 Å². The first-order valence-corrected chi connectivity index (χ1v) is 18.9. The van der Waals surface area contributed by atoms with E-state index in [0.29, 0.717) is 58.7 Å². The highest BCUT2D eigenvalue weighted by molar-refractivity contribution is 6.36. The van der Waals surface area contributed by atoms with Gasteiger partial charge in [0.25, 0.3) is 11.8 Å². The van der Waals surface area contributed by atoms with E-state index in [4.69, 9.17) is 44.6 Å². The molecular weight excluding hydrogens is 781 g/mol. The molecule has 2 saturated heterocycles. The van der Waals surface area contributed by atoms with Gasteiger partial charge in [-0.2, -0.15) is 5.10 Å². The first kappa shape index (κ1) is 30.0. The number of nitrogens with two attached hydrogens (primary N) is 1. The van der Waals surface area contributed by atoms with Crippen molar-refractivity contribution in [2.24, 2.45) is 5.92 Å². The van der Waals surface area contributed by atoms with Crippen molar-refractivity contribution in [1.82, 2.24) is 29.9 Å². The summed E-state index contributed by atoms with van der Waals surface area (Å²) in [5.41, 5.74) is 5.51. The molecule has 0 radical (unpaired) electrons. The number of hydrogen-bond acceptors (Lipinski definition) is 10. The highest BCUT2D eigenvalue weighted by Gasteiger charge is 2.45. The van der Waals surface area contributed by atoms with E-state index in [9.17, 15) is 23.6 Å². The van der Waals surface area contributed by atoms with Crippen molar-refractivity contribution in [2.45, 2.75) is 63.6 Å². The van der Waals surface area contributed by atoms with Gasteiger partial charge >= 0.3 is 0 Å². The second-order valence-electron chi connectivity index (χ2n) is 14.2. The number of carbonyl (C=O) groups excluding carboxylic acids is 4. The van der Waals surface area contributed by atoms with Crippen LogP contribution in [0.1, 0.15) is 94.8 Å². The van der Waals surface area contributed by atoms with E-state index in [1.807, 2.05) is 5.32 Å². The number of nitrogen functional groups attached to an aromatic ring is 1. The molecule has 2 aromatic carbocycles. The van der Waals surface area contributed by atoms with Crippen LogP contribution in [0.2, 0.25) is 10.0 Å². The fraction of sp³-hybridized carbons (Fsp3) is 0.400. The number of rotatable bonds is 9. The number of halogens is 4. The first-order chi connectivity index (χ1) is 30.4. The lowest BCUT2D eigenvalue weighted by Gasteiger charge is -2.39. The monoisotopic (exact) mass is 828 g/mol. The van der Waals surface area contributed by atoms with Crippen LogP contribution < -0.4 is 20.7 Å². The third kappa shape index (κ3) is 7.55. The van der Waals surface area contributed by atoms with E-state index >= 15 is 4.39 Å². The number of hydrogen-bond donors (Lipinski definition) is 2. The molecule has 3 aliphatic heterocycles. The predicted molar refractivity (Wildman–Crippen MR) is 208 cm³/mol. The first-order valence-electron chi connectivity index (χ1n) is 22.1. The fourth-order valence-electron chi connectivity index (χ4n) is 7.55.